The van der Waals surface area contributed by atoms with Gasteiger partial charge in [0.25, 0.3) is 0 Å². The van der Waals surface area contributed by atoms with Gasteiger partial charge in [0, 0.05) is 12.1 Å². The van der Waals surface area contributed by atoms with Crippen molar-refractivity contribution in [2.24, 2.45) is 11.7 Å². The van der Waals surface area contributed by atoms with Gasteiger partial charge in [-0.2, -0.15) is 0 Å². The lowest BCUT2D eigenvalue weighted by Crippen LogP contribution is -2.53. The second-order valence-electron chi connectivity index (χ2n) is 5.61. The zero-order chi connectivity index (χ0) is 12.3. The van der Waals surface area contributed by atoms with Crippen LogP contribution in [0.25, 0.3) is 0 Å². The highest BCUT2D eigenvalue weighted by Gasteiger charge is 2.31. The molecule has 0 aromatic rings. The van der Waals surface area contributed by atoms with Gasteiger partial charge in [0.15, 0.2) is 0 Å². The fourth-order valence-electron chi connectivity index (χ4n) is 2.66. The molecule has 0 aromatic heterocycles. The normalized spacial score (nSPS) is 28.2. The van der Waals surface area contributed by atoms with E-state index in [1.165, 1.54) is 6.42 Å². The van der Waals surface area contributed by atoms with Crippen LogP contribution in [0.2, 0.25) is 0 Å². The molecule has 1 rings (SSSR count). The van der Waals surface area contributed by atoms with Gasteiger partial charge < -0.3 is 10.6 Å². The first kappa shape index (κ1) is 13.5. The van der Waals surface area contributed by atoms with Gasteiger partial charge in [-0.3, -0.25) is 4.79 Å². The average molecular weight is 226 g/mol. The third-order valence-corrected chi connectivity index (χ3v) is 3.49. The molecule has 1 amide bonds. The van der Waals surface area contributed by atoms with Crippen molar-refractivity contribution in [1.29, 1.82) is 0 Å². The summed E-state index contributed by atoms with van der Waals surface area (Å²) in [6.45, 7) is 8.48. The van der Waals surface area contributed by atoms with Crippen LogP contribution in [0.4, 0.5) is 0 Å². The Labute approximate surface area is 99.4 Å². The molecule has 2 N–H and O–H groups in total. The van der Waals surface area contributed by atoms with Crippen LogP contribution in [-0.4, -0.2) is 28.9 Å². The maximum absolute atomic E-state index is 12.3. The van der Waals surface area contributed by atoms with Crippen molar-refractivity contribution in [2.75, 3.05) is 0 Å². The van der Waals surface area contributed by atoms with E-state index < -0.39 is 0 Å². The standard InChI is InChI=1S/C13H26N2O/c1-9(2)8-12(14)13(16)15-10(3)6-5-7-11(15)4/h9-12H,5-8,14H2,1-4H3/t10-,11+,12-/m1/s1. The number of hydrogen-bond donors (Lipinski definition) is 1. The minimum absolute atomic E-state index is 0.147. The fraction of sp³-hybridized carbons (Fsp3) is 0.923. The van der Waals surface area contributed by atoms with E-state index in [1.54, 1.807) is 0 Å². The van der Waals surface area contributed by atoms with E-state index in [9.17, 15) is 4.79 Å². The number of amides is 1. The Bertz CT molecular complexity index is 230. The first-order valence-corrected chi connectivity index (χ1v) is 6.51. The van der Waals surface area contributed by atoms with Crippen molar-refractivity contribution in [1.82, 2.24) is 4.90 Å². The lowest BCUT2D eigenvalue weighted by Gasteiger charge is -2.40. The summed E-state index contributed by atoms with van der Waals surface area (Å²) in [5.74, 6) is 0.628. The molecule has 1 aliphatic rings. The van der Waals surface area contributed by atoms with Crippen LogP contribution >= 0.6 is 0 Å². The summed E-state index contributed by atoms with van der Waals surface area (Å²) in [4.78, 5) is 14.3. The monoisotopic (exact) mass is 226 g/mol. The predicted octanol–water partition coefficient (Wildman–Crippen LogP) is 2.15. The summed E-state index contributed by atoms with van der Waals surface area (Å²) in [6, 6.07) is 0.395. The van der Waals surface area contributed by atoms with Crippen LogP contribution in [-0.2, 0) is 4.79 Å². The van der Waals surface area contributed by atoms with E-state index in [0.29, 0.717) is 18.0 Å². The molecular formula is C13H26N2O. The Balaban J connectivity index is 2.63. The Kier molecular flexibility index (Phi) is 4.78. The van der Waals surface area contributed by atoms with E-state index in [1.807, 2.05) is 4.90 Å². The molecule has 0 aliphatic carbocycles. The molecule has 1 fully saturated rings. The minimum Gasteiger partial charge on any atom is -0.336 e. The van der Waals surface area contributed by atoms with Gasteiger partial charge >= 0.3 is 0 Å². The summed E-state index contributed by atoms with van der Waals surface area (Å²) < 4.78 is 0. The Morgan fingerprint density at radius 1 is 1.31 bits per heavy atom. The highest BCUT2D eigenvalue weighted by atomic mass is 16.2. The molecule has 3 heteroatoms. The molecule has 94 valence electrons. The van der Waals surface area contributed by atoms with Crippen LogP contribution in [0, 0.1) is 5.92 Å². The number of piperidine rings is 1. The second-order valence-corrected chi connectivity index (χ2v) is 5.61. The van der Waals surface area contributed by atoms with Crippen LogP contribution < -0.4 is 5.73 Å². The molecule has 0 spiro atoms. The van der Waals surface area contributed by atoms with Gasteiger partial charge in [-0.05, 0) is 45.4 Å². The van der Waals surface area contributed by atoms with Gasteiger partial charge in [0.05, 0.1) is 6.04 Å². The van der Waals surface area contributed by atoms with E-state index in [0.717, 1.165) is 19.3 Å². The van der Waals surface area contributed by atoms with Crippen LogP contribution in [0.5, 0.6) is 0 Å². The van der Waals surface area contributed by atoms with Crippen molar-refractivity contribution >= 4 is 5.91 Å². The number of likely N-dealkylation sites (tertiary alicyclic amines) is 1. The molecule has 3 nitrogen and oxygen atoms in total. The Morgan fingerprint density at radius 3 is 2.25 bits per heavy atom. The molecule has 0 aromatic carbocycles. The van der Waals surface area contributed by atoms with E-state index in [4.69, 9.17) is 5.73 Å². The Hall–Kier alpha value is -0.570. The molecule has 0 bridgehead atoms. The summed E-state index contributed by atoms with van der Waals surface area (Å²) in [7, 11) is 0. The van der Waals surface area contributed by atoms with E-state index in [2.05, 4.69) is 27.7 Å². The van der Waals surface area contributed by atoms with Gasteiger partial charge in [0.2, 0.25) is 5.91 Å². The SMILES string of the molecule is CC(C)C[C@@H](N)C(=O)N1[C@H](C)CCC[C@@H]1C. The molecular weight excluding hydrogens is 200 g/mol. The number of nitrogens with two attached hydrogens (primary N) is 1. The summed E-state index contributed by atoms with van der Waals surface area (Å²) in [5.41, 5.74) is 5.98. The first-order chi connectivity index (χ1) is 7.43. The van der Waals surface area contributed by atoms with Crippen LogP contribution in [0.1, 0.15) is 53.4 Å². The molecule has 0 radical (unpaired) electrons. The summed E-state index contributed by atoms with van der Waals surface area (Å²) in [5, 5.41) is 0. The second kappa shape index (κ2) is 5.67. The van der Waals surface area contributed by atoms with Gasteiger partial charge in [-0.1, -0.05) is 13.8 Å². The molecule has 1 saturated heterocycles. The average Bonchev–Trinajstić information content (AvgIpc) is 2.16. The van der Waals surface area contributed by atoms with Gasteiger partial charge in [-0.15, -0.1) is 0 Å². The number of rotatable bonds is 3. The summed E-state index contributed by atoms with van der Waals surface area (Å²) >= 11 is 0. The summed E-state index contributed by atoms with van der Waals surface area (Å²) in [6.07, 6.45) is 4.25. The van der Waals surface area contributed by atoms with Gasteiger partial charge in [-0.25, -0.2) is 0 Å². The van der Waals surface area contributed by atoms with Gasteiger partial charge in [0.1, 0.15) is 0 Å². The molecule has 1 aliphatic heterocycles. The lowest BCUT2D eigenvalue weighted by atomic mass is 9.95. The third kappa shape index (κ3) is 3.21. The number of nitrogens with zero attached hydrogens (tertiary/aromatic N) is 1. The van der Waals surface area contributed by atoms with E-state index in [-0.39, 0.29) is 11.9 Å². The smallest absolute Gasteiger partial charge is 0.239 e. The Morgan fingerprint density at radius 2 is 1.81 bits per heavy atom. The zero-order valence-electron chi connectivity index (χ0n) is 11.1. The van der Waals surface area contributed by atoms with Crippen LogP contribution in [0.3, 0.4) is 0 Å². The maximum Gasteiger partial charge on any atom is 0.239 e. The minimum atomic E-state index is -0.317. The molecule has 3 atom stereocenters. The molecule has 0 unspecified atom stereocenters. The van der Waals surface area contributed by atoms with Crippen LogP contribution in [0.15, 0.2) is 0 Å². The first-order valence-electron chi connectivity index (χ1n) is 6.51. The van der Waals surface area contributed by atoms with Crippen molar-refractivity contribution in [3.8, 4) is 0 Å². The third-order valence-electron chi connectivity index (χ3n) is 3.49. The molecule has 16 heavy (non-hydrogen) atoms. The quantitative estimate of drug-likeness (QED) is 0.801. The number of carbonyl (C=O) groups excluding carboxylic acids is 1. The maximum atomic E-state index is 12.3. The zero-order valence-corrected chi connectivity index (χ0v) is 11.1. The molecule has 0 saturated carbocycles. The fourth-order valence-corrected chi connectivity index (χ4v) is 2.66. The van der Waals surface area contributed by atoms with Crippen molar-refractivity contribution in [2.45, 2.75) is 71.5 Å². The largest absolute Gasteiger partial charge is 0.336 e. The highest BCUT2D eigenvalue weighted by Crippen LogP contribution is 2.23. The van der Waals surface area contributed by atoms with Crippen molar-refractivity contribution in [3.63, 3.8) is 0 Å². The van der Waals surface area contributed by atoms with Crippen molar-refractivity contribution < 1.29 is 4.79 Å². The number of carbonyl (C=O) groups is 1. The van der Waals surface area contributed by atoms with E-state index >= 15 is 0 Å². The number of hydrogen-bond acceptors (Lipinski definition) is 2. The lowest BCUT2D eigenvalue weighted by molar-refractivity contribution is -0.139. The predicted molar refractivity (Wildman–Crippen MR) is 67.1 cm³/mol. The topological polar surface area (TPSA) is 46.3 Å². The molecule has 1 heterocycles. The highest BCUT2D eigenvalue weighted by molar-refractivity contribution is 5.82. The van der Waals surface area contributed by atoms with Crippen molar-refractivity contribution in [3.05, 3.63) is 0 Å².